The fourth-order valence-electron chi connectivity index (χ4n) is 3.36. The molecule has 0 aliphatic carbocycles. The third-order valence-electron chi connectivity index (χ3n) is 4.97. The van der Waals surface area contributed by atoms with Crippen LogP contribution in [0.25, 0.3) is 0 Å². The number of carbonyl (C=O) groups excluding carboxylic acids is 2. The number of ether oxygens (including phenoxy) is 1. The van der Waals surface area contributed by atoms with Crippen LogP contribution in [0.15, 0.2) is 59.2 Å². The van der Waals surface area contributed by atoms with Crippen molar-refractivity contribution >= 4 is 17.6 Å². The number of rotatable bonds is 5. The fraction of sp³-hybridized carbons (Fsp3) is 0.217. The van der Waals surface area contributed by atoms with E-state index in [1.165, 1.54) is 6.08 Å². The van der Waals surface area contributed by atoms with E-state index >= 15 is 0 Å². The minimum Gasteiger partial charge on any atom is -0.493 e. The molecule has 0 unspecified atom stereocenters. The molecule has 4 rings (SSSR count). The number of amidine groups is 1. The maximum Gasteiger partial charge on any atom is 0.267 e. The Kier molecular flexibility index (Phi) is 5.94. The van der Waals surface area contributed by atoms with Crippen molar-refractivity contribution in [2.24, 2.45) is 4.99 Å². The molecule has 3 N–H and O–H groups in total. The SMILES string of the molecule is N#Cc1ccc(CNC(=O)C2=CC(NC(=O)Cc3ccc4c(c3)CCO4)=NCN2)cc1. The second-order valence-electron chi connectivity index (χ2n) is 7.19. The van der Waals surface area contributed by atoms with Crippen molar-refractivity contribution in [3.8, 4) is 11.8 Å². The van der Waals surface area contributed by atoms with E-state index in [0.717, 1.165) is 28.9 Å². The molecule has 0 radical (unpaired) electrons. The van der Waals surface area contributed by atoms with Gasteiger partial charge in [0.2, 0.25) is 5.91 Å². The average molecular weight is 415 g/mol. The van der Waals surface area contributed by atoms with Crippen LogP contribution in [0.1, 0.15) is 22.3 Å². The molecule has 8 nitrogen and oxygen atoms in total. The number of amides is 2. The second kappa shape index (κ2) is 9.13. The van der Waals surface area contributed by atoms with E-state index in [9.17, 15) is 9.59 Å². The van der Waals surface area contributed by atoms with Gasteiger partial charge in [0, 0.05) is 19.0 Å². The lowest BCUT2D eigenvalue weighted by molar-refractivity contribution is -0.119. The number of nitrogens with zero attached hydrogens (tertiary/aromatic N) is 2. The molecule has 0 aromatic heterocycles. The Hall–Kier alpha value is -4.12. The minimum atomic E-state index is -0.301. The number of fused-ring (bicyclic) bond motifs is 1. The summed E-state index contributed by atoms with van der Waals surface area (Å²) >= 11 is 0. The molecule has 2 aliphatic heterocycles. The van der Waals surface area contributed by atoms with Gasteiger partial charge in [-0.15, -0.1) is 0 Å². The molecule has 0 spiro atoms. The van der Waals surface area contributed by atoms with Gasteiger partial charge in [-0.1, -0.05) is 24.3 Å². The largest absolute Gasteiger partial charge is 0.493 e. The number of carbonyl (C=O) groups is 2. The molecule has 0 saturated carbocycles. The van der Waals surface area contributed by atoms with Crippen LogP contribution in [0.3, 0.4) is 0 Å². The fourth-order valence-corrected chi connectivity index (χ4v) is 3.36. The first-order chi connectivity index (χ1) is 15.1. The quantitative estimate of drug-likeness (QED) is 0.681. The molecule has 0 atom stereocenters. The summed E-state index contributed by atoms with van der Waals surface area (Å²) in [6, 6.07) is 14.8. The molecule has 0 bridgehead atoms. The summed E-state index contributed by atoms with van der Waals surface area (Å²) in [6.07, 6.45) is 2.59. The normalized spacial score (nSPS) is 14.2. The maximum absolute atomic E-state index is 12.5. The highest BCUT2D eigenvalue weighted by molar-refractivity contribution is 6.09. The van der Waals surface area contributed by atoms with Crippen LogP contribution >= 0.6 is 0 Å². The summed E-state index contributed by atoms with van der Waals surface area (Å²) in [5.41, 5.74) is 3.79. The molecule has 0 fully saturated rings. The summed E-state index contributed by atoms with van der Waals surface area (Å²) in [7, 11) is 0. The van der Waals surface area contributed by atoms with Gasteiger partial charge in [-0.05, 0) is 34.9 Å². The Morgan fingerprint density at radius 1 is 1.16 bits per heavy atom. The Bertz CT molecular complexity index is 1110. The average Bonchev–Trinajstić information content (AvgIpc) is 3.26. The van der Waals surface area contributed by atoms with Crippen molar-refractivity contribution in [3.05, 3.63) is 76.5 Å². The molecule has 8 heteroatoms. The molecule has 2 aromatic rings. The van der Waals surface area contributed by atoms with Crippen molar-refractivity contribution in [1.82, 2.24) is 16.0 Å². The van der Waals surface area contributed by atoms with Crippen molar-refractivity contribution in [2.45, 2.75) is 19.4 Å². The lowest BCUT2D eigenvalue weighted by Gasteiger charge is -2.16. The summed E-state index contributed by atoms with van der Waals surface area (Å²) < 4.78 is 5.49. The Balaban J connectivity index is 1.31. The summed E-state index contributed by atoms with van der Waals surface area (Å²) in [5, 5.41) is 17.3. The van der Waals surface area contributed by atoms with Gasteiger partial charge in [0.25, 0.3) is 5.91 Å². The summed E-state index contributed by atoms with van der Waals surface area (Å²) in [4.78, 5) is 29.1. The van der Waals surface area contributed by atoms with Crippen LogP contribution in [-0.4, -0.2) is 30.9 Å². The van der Waals surface area contributed by atoms with Crippen LogP contribution < -0.4 is 20.7 Å². The third-order valence-corrected chi connectivity index (χ3v) is 4.97. The van der Waals surface area contributed by atoms with Crippen LogP contribution in [0.5, 0.6) is 5.75 Å². The van der Waals surface area contributed by atoms with Crippen molar-refractivity contribution in [3.63, 3.8) is 0 Å². The van der Waals surface area contributed by atoms with Crippen molar-refractivity contribution < 1.29 is 14.3 Å². The molecule has 31 heavy (non-hydrogen) atoms. The maximum atomic E-state index is 12.5. The van der Waals surface area contributed by atoms with E-state index in [-0.39, 0.29) is 24.9 Å². The number of hydrogen-bond donors (Lipinski definition) is 3. The van der Waals surface area contributed by atoms with E-state index in [1.807, 2.05) is 18.2 Å². The molecule has 2 heterocycles. The van der Waals surface area contributed by atoms with E-state index in [1.54, 1.807) is 24.3 Å². The second-order valence-corrected chi connectivity index (χ2v) is 7.19. The van der Waals surface area contributed by atoms with E-state index in [0.29, 0.717) is 30.2 Å². The summed E-state index contributed by atoms with van der Waals surface area (Å²) in [6.45, 7) is 1.20. The molecule has 2 aromatic carbocycles. The van der Waals surface area contributed by atoms with Gasteiger partial charge in [-0.2, -0.15) is 5.26 Å². The lowest BCUT2D eigenvalue weighted by atomic mass is 10.1. The van der Waals surface area contributed by atoms with Crippen LogP contribution in [0, 0.1) is 11.3 Å². The van der Waals surface area contributed by atoms with Crippen molar-refractivity contribution in [2.75, 3.05) is 13.3 Å². The smallest absolute Gasteiger partial charge is 0.267 e. The van der Waals surface area contributed by atoms with E-state index in [2.05, 4.69) is 27.0 Å². The Morgan fingerprint density at radius 2 is 1.97 bits per heavy atom. The van der Waals surface area contributed by atoms with Gasteiger partial charge in [0.05, 0.1) is 24.7 Å². The van der Waals surface area contributed by atoms with Gasteiger partial charge >= 0.3 is 0 Å². The predicted octanol–water partition coefficient (Wildman–Crippen LogP) is 1.31. The highest BCUT2D eigenvalue weighted by atomic mass is 16.5. The van der Waals surface area contributed by atoms with E-state index in [4.69, 9.17) is 10.00 Å². The zero-order valence-electron chi connectivity index (χ0n) is 16.8. The van der Waals surface area contributed by atoms with Gasteiger partial charge in [-0.3, -0.25) is 9.59 Å². The molecule has 2 aliphatic rings. The number of nitrogens with one attached hydrogen (secondary N) is 3. The molecular weight excluding hydrogens is 394 g/mol. The lowest BCUT2D eigenvalue weighted by Crippen LogP contribution is -2.39. The van der Waals surface area contributed by atoms with Gasteiger partial charge in [-0.25, -0.2) is 4.99 Å². The van der Waals surface area contributed by atoms with Crippen LogP contribution in [0.2, 0.25) is 0 Å². The predicted molar refractivity (Wildman–Crippen MR) is 114 cm³/mol. The Morgan fingerprint density at radius 3 is 2.77 bits per heavy atom. The minimum absolute atomic E-state index is 0.196. The number of aliphatic imine (C=N–C) groups is 1. The first-order valence-electron chi connectivity index (χ1n) is 9.92. The first kappa shape index (κ1) is 20.2. The van der Waals surface area contributed by atoms with Crippen LogP contribution in [-0.2, 0) is 29.0 Å². The third kappa shape index (κ3) is 5.08. The molecular formula is C23H21N5O3. The van der Waals surface area contributed by atoms with E-state index < -0.39 is 0 Å². The van der Waals surface area contributed by atoms with Gasteiger partial charge in [0.15, 0.2) is 0 Å². The van der Waals surface area contributed by atoms with Gasteiger partial charge < -0.3 is 20.7 Å². The number of benzene rings is 2. The van der Waals surface area contributed by atoms with Gasteiger partial charge in [0.1, 0.15) is 24.0 Å². The molecule has 156 valence electrons. The molecule has 0 saturated heterocycles. The summed E-state index contributed by atoms with van der Waals surface area (Å²) in [5.74, 6) is 0.723. The highest BCUT2D eigenvalue weighted by Gasteiger charge is 2.17. The Labute approximate surface area is 179 Å². The zero-order valence-corrected chi connectivity index (χ0v) is 16.8. The molecule has 2 amide bonds. The zero-order chi connectivity index (χ0) is 21.6. The number of nitriles is 1. The topological polar surface area (TPSA) is 116 Å². The standard InChI is InChI=1S/C23H21N5O3/c24-12-15-1-3-16(4-2-15)13-25-23(30)19-11-21(27-14-26-19)28-22(29)10-17-5-6-20-18(9-17)7-8-31-20/h1-6,9,11,26H,7-8,10,13-14H2,(H,25,30)(H,27,28,29). The monoisotopic (exact) mass is 415 g/mol. The van der Waals surface area contributed by atoms with Crippen molar-refractivity contribution in [1.29, 1.82) is 5.26 Å². The first-order valence-corrected chi connectivity index (χ1v) is 9.92. The highest BCUT2D eigenvalue weighted by Crippen LogP contribution is 2.25. The number of hydrogen-bond acceptors (Lipinski definition) is 6. The van der Waals surface area contributed by atoms with Crippen LogP contribution in [0.4, 0.5) is 0 Å².